The van der Waals surface area contributed by atoms with E-state index >= 15 is 0 Å². The number of hydrogen-bond acceptors (Lipinski definition) is 2. The molecule has 16 heavy (non-hydrogen) atoms. The van der Waals surface area contributed by atoms with E-state index < -0.39 is 0 Å². The van der Waals surface area contributed by atoms with Gasteiger partial charge in [-0.2, -0.15) is 0 Å². The minimum Gasteiger partial charge on any atom is -0.353 e. The monoisotopic (exact) mass is 226 g/mol. The van der Waals surface area contributed by atoms with Crippen LogP contribution in [0.5, 0.6) is 0 Å². The summed E-state index contributed by atoms with van der Waals surface area (Å²) in [6.45, 7) is 4.20. The summed E-state index contributed by atoms with van der Waals surface area (Å²) >= 11 is 0. The summed E-state index contributed by atoms with van der Waals surface area (Å²) < 4.78 is 0. The Hall–Kier alpha value is -0.570. The SMILES string of the molecule is CC(N)CCC(=O)NC1CCCCCC1C. The van der Waals surface area contributed by atoms with Crippen LogP contribution in [-0.4, -0.2) is 18.0 Å². The zero-order valence-corrected chi connectivity index (χ0v) is 10.7. The van der Waals surface area contributed by atoms with Crippen molar-refractivity contribution in [2.45, 2.75) is 70.9 Å². The van der Waals surface area contributed by atoms with Crippen molar-refractivity contribution in [1.82, 2.24) is 5.32 Å². The maximum Gasteiger partial charge on any atom is 0.220 e. The molecule has 1 amide bonds. The molecule has 0 aromatic rings. The van der Waals surface area contributed by atoms with Crippen molar-refractivity contribution in [2.75, 3.05) is 0 Å². The van der Waals surface area contributed by atoms with Gasteiger partial charge in [0.2, 0.25) is 5.91 Å². The molecule has 1 rings (SSSR count). The molecule has 0 aliphatic heterocycles. The summed E-state index contributed by atoms with van der Waals surface area (Å²) in [6, 6.07) is 0.514. The fraction of sp³-hybridized carbons (Fsp3) is 0.923. The van der Waals surface area contributed by atoms with Crippen LogP contribution in [0.25, 0.3) is 0 Å². The second-order valence-corrected chi connectivity index (χ2v) is 5.31. The van der Waals surface area contributed by atoms with Gasteiger partial charge in [-0.15, -0.1) is 0 Å². The highest BCUT2D eigenvalue weighted by molar-refractivity contribution is 5.76. The fourth-order valence-corrected chi connectivity index (χ4v) is 2.35. The topological polar surface area (TPSA) is 55.1 Å². The van der Waals surface area contributed by atoms with Crippen molar-refractivity contribution in [1.29, 1.82) is 0 Å². The standard InChI is InChI=1S/C13H26N2O/c1-10-6-4-3-5-7-12(10)15-13(16)9-8-11(2)14/h10-12H,3-9,14H2,1-2H3,(H,15,16). The Morgan fingerprint density at radius 2 is 2.06 bits per heavy atom. The third-order valence-electron chi connectivity index (χ3n) is 3.53. The highest BCUT2D eigenvalue weighted by Crippen LogP contribution is 2.22. The maximum atomic E-state index is 11.7. The summed E-state index contributed by atoms with van der Waals surface area (Å²) in [5.74, 6) is 0.804. The summed E-state index contributed by atoms with van der Waals surface area (Å²) in [4.78, 5) is 11.7. The molecule has 0 spiro atoms. The Morgan fingerprint density at radius 1 is 1.38 bits per heavy atom. The van der Waals surface area contributed by atoms with E-state index in [-0.39, 0.29) is 11.9 Å². The molecule has 3 heteroatoms. The van der Waals surface area contributed by atoms with E-state index in [2.05, 4.69) is 12.2 Å². The average Bonchev–Trinajstić information content (AvgIpc) is 2.42. The molecule has 3 unspecified atom stereocenters. The lowest BCUT2D eigenvalue weighted by atomic mass is 9.97. The van der Waals surface area contributed by atoms with E-state index in [1.165, 1.54) is 25.7 Å². The smallest absolute Gasteiger partial charge is 0.220 e. The van der Waals surface area contributed by atoms with Crippen LogP contribution in [0.2, 0.25) is 0 Å². The Bertz CT molecular complexity index is 216. The molecule has 3 nitrogen and oxygen atoms in total. The van der Waals surface area contributed by atoms with Crippen LogP contribution in [-0.2, 0) is 4.79 Å². The predicted molar refractivity (Wildman–Crippen MR) is 67.1 cm³/mol. The summed E-state index contributed by atoms with van der Waals surface area (Å²) in [7, 11) is 0. The van der Waals surface area contributed by atoms with Gasteiger partial charge in [-0.3, -0.25) is 4.79 Å². The Balaban J connectivity index is 2.30. The Kier molecular flexibility index (Phi) is 5.81. The average molecular weight is 226 g/mol. The third kappa shape index (κ3) is 4.97. The van der Waals surface area contributed by atoms with Gasteiger partial charge >= 0.3 is 0 Å². The van der Waals surface area contributed by atoms with E-state index in [1.54, 1.807) is 0 Å². The molecule has 3 atom stereocenters. The highest BCUT2D eigenvalue weighted by atomic mass is 16.1. The summed E-state index contributed by atoms with van der Waals surface area (Å²) in [5.41, 5.74) is 5.65. The molecule has 0 heterocycles. The zero-order valence-electron chi connectivity index (χ0n) is 10.7. The largest absolute Gasteiger partial charge is 0.353 e. The lowest BCUT2D eigenvalue weighted by molar-refractivity contribution is -0.122. The van der Waals surface area contributed by atoms with Crippen molar-refractivity contribution >= 4 is 5.91 Å². The first-order chi connectivity index (χ1) is 7.59. The fourth-order valence-electron chi connectivity index (χ4n) is 2.35. The molecule has 0 aromatic heterocycles. The molecule has 0 radical (unpaired) electrons. The lowest BCUT2D eigenvalue weighted by Crippen LogP contribution is -2.39. The van der Waals surface area contributed by atoms with Crippen LogP contribution >= 0.6 is 0 Å². The van der Waals surface area contributed by atoms with Crippen LogP contribution in [0, 0.1) is 5.92 Å². The van der Waals surface area contributed by atoms with E-state index in [0.29, 0.717) is 18.4 Å². The highest BCUT2D eigenvalue weighted by Gasteiger charge is 2.21. The van der Waals surface area contributed by atoms with E-state index in [1.807, 2.05) is 6.92 Å². The van der Waals surface area contributed by atoms with Gasteiger partial charge < -0.3 is 11.1 Å². The van der Waals surface area contributed by atoms with Gasteiger partial charge in [0.25, 0.3) is 0 Å². The van der Waals surface area contributed by atoms with Crippen LogP contribution < -0.4 is 11.1 Å². The summed E-state index contributed by atoms with van der Waals surface area (Å²) in [6.07, 6.45) is 7.63. The lowest BCUT2D eigenvalue weighted by Gasteiger charge is -2.23. The van der Waals surface area contributed by atoms with Gasteiger partial charge in [-0.05, 0) is 32.1 Å². The van der Waals surface area contributed by atoms with Crippen molar-refractivity contribution in [3.05, 3.63) is 0 Å². The minimum atomic E-state index is 0.123. The first-order valence-electron chi connectivity index (χ1n) is 6.64. The molecular formula is C13H26N2O. The third-order valence-corrected chi connectivity index (χ3v) is 3.53. The predicted octanol–water partition coefficient (Wildman–Crippen LogP) is 2.20. The van der Waals surface area contributed by atoms with Crippen LogP contribution in [0.15, 0.2) is 0 Å². The molecule has 1 fully saturated rings. The normalized spacial score (nSPS) is 28.2. The zero-order chi connectivity index (χ0) is 12.0. The molecule has 1 aliphatic carbocycles. The van der Waals surface area contributed by atoms with Crippen LogP contribution in [0.4, 0.5) is 0 Å². The van der Waals surface area contributed by atoms with Crippen molar-refractivity contribution in [2.24, 2.45) is 11.7 Å². The van der Waals surface area contributed by atoms with Gasteiger partial charge in [0.1, 0.15) is 0 Å². The van der Waals surface area contributed by atoms with Crippen LogP contribution in [0.3, 0.4) is 0 Å². The van der Waals surface area contributed by atoms with Gasteiger partial charge in [0, 0.05) is 18.5 Å². The Morgan fingerprint density at radius 3 is 2.75 bits per heavy atom. The molecule has 1 aliphatic rings. The van der Waals surface area contributed by atoms with Gasteiger partial charge in [-0.1, -0.05) is 26.2 Å². The molecule has 0 bridgehead atoms. The number of amides is 1. The van der Waals surface area contributed by atoms with Crippen molar-refractivity contribution in [3.8, 4) is 0 Å². The van der Waals surface area contributed by atoms with Crippen LogP contribution in [0.1, 0.15) is 58.8 Å². The van der Waals surface area contributed by atoms with E-state index in [0.717, 1.165) is 12.8 Å². The van der Waals surface area contributed by atoms with Crippen molar-refractivity contribution < 1.29 is 4.79 Å². The molecular weight excluding hydrogens is 200 g/mol. The minimum absolute atomic E-state index is 0.123. The number of nitrogens with two attached hydrogens (primary N) is 1. The summed E-state index contributed by atoms with van der Waals surface area (Å²) in [5, 5.41) is 3.17. The number of carbonyl (C=O) groups excluding carboxylic acids is 1. The molecule has 94 valence electrons. The molecule has 3 N–H and O–H groups in total. The molecule has 0 aromatic carbocycles. The van der Waals surface area contributed by atoms with Gasteiger partial charge in [0.15, 0.2) is 0 Å². The Labute approximate surface area is 99.2 Å². The van der Waals surface area contributed by atoms with E-state index in [9.17, 15) is 4.79 Å². The first kappa shape index (κ1) is 13.5. The second-order valence-electron chi connectivity index (χ2n) is 5.31. The maximum absolute atomic E-state index is 11.7. The van der Waals surface area contributed by atoms with Crippen molar-refractivity contribution in [3.63, 3.8) is 0 Å². The quantitative estimate of drug-likeness (QED) is 0.722. The second kappa shape index (κ2) is 6.89. The first-order valence-corrected chi connectivity index (χ1v) is 6.64. The molecule has 0 saturated heterocycles. The number of nitrogens with one attached hydrogen (secondary N) is 1. The van der Waals surface area contributed by atoms with Gasteiger partial charge in [-0.25, -0.2) is 0 Å². The van der Waals surface area contributed by atoms with Gasteiger partial charge in [0.05, 0.1) is 0 Å². The number of hydrogen-bond donors (Lipinski definition) is 2. The van der Waals surface area contributed by atoms with E-state index in [4.69, 9.17) is 5.73 Å². The molecule has 1 saturated carbocycles. The number of carbonyl (C=O) groups is 1. The number of rotatable bonds is 4.